The van der Waals surface area contributed by atoms with Crippen LogP contribution in [-0.2, 0) is 6.18 Å². The van der Waals surface area contributed by atoms with Crippen molar-refractivity contribution in [1.29, 1.82) is 0 Å². The highest BCUT2D eigenvalue weighted by atomic mass is 19.4. The van der Waals surface area contributed by atoms with Gasteiger partial charge in [-0.25, -0.2) is 0 Å². The molecule has 112 valence electrons. The van der Waals surface area contributed by atoms with E-state index in [1.807, 2.05) is 6.08 Å². The van der Waals surface area contributed by atoms with Crippen LogP contribution in [0.5, 0.6) is 0 Å². The number of unbranched alkanes of at least 4 members (excludes halogenated alkanes) is 4. The molecule has 1 nitrogen and oxygen atoms in total. The first-order valence-corrected chi connectivity index (χ1v) is 6.97. The first kappa shape index (κ1) is 16.8. The van der Waals surface area contributed by atoms with Gasteiger partial charge in [0.15, 0.2) is 0 Å². The number of aliphatic hydroxyl groups is 1. The third-order valence-corrected chi connectivity index (χ3v) is 3.10. The van der Waals surface area contributed by atoms with Gasteiger partial charge in [-0.05, 0) is 30.5 Å². The van der Waals surface area contributed by atoms with E-state index in [1.165, 1.54) is 18.6 Å². The van der Waals surface area contributed by atoms with Gasteiger partial charge in [-0.15, -0.1) is 0 Å². The Balaban J connectivity index is 2.55. The molecule has 0 aliphatic rings. The van der Waals surface area contributed by atoms with Gasteiger partial charge < -0.3 is 5.11 Å². The maximum Gasteiger partial charge on any atom is 0.416 e. The Morgan fingerprint density at radius 1 is 1.20 bits per heavy atom. The first-order chi connectivity index (χ1) is 9.45. The fraction of sp³-hybridized carbons (Fsp3) is 0.500. The molecule has 0 saturated heterocycles. The minimum Gasteiger partial charge on any atom is -0.384 e. The van der Waals surface area contributed by atoms with Crippen molar-refractivity contribution in [2.45, 2.75) is 51.3 Å². The van der Waals surface area contributed by atoms with E-state index in [0.717, 1.165) is 37.8 Å². The number of benzene rings is 1. The number of allylic oxidation sites excluding steroid dienone is 1. The maximum absolute atomic E-state index is 12.6. The summed E-state index contributed by atoms with van der Waals surface area (Å²) in [5.74, 6) is 0. The first-order valence-electron chi connectivity index (χ1n) is 6.97. The van der Waals surface area contributed by atoms with Crippen LogP contribution in [0.3, 0.4) is 0 Å². The molecule has 20 heavy (non-hydrogen) atoms. The predicted octanol–water partition coefficient (Wildman–Crippen LogP) is 5.27. The van der Waals surface area contributed by atoms with Crippen LogP contribution >= 0.6 is 0 Å². The van der Waals surface area contributed by atoms with Gasteiger partial charge in [-0.1, -0.05) is 50.5 Å². The van der Waals surface area contributed by atoms with Crippen molar-refractivity contribution in [3.05, 3.63) is 47.5 Å². The Morgan fingerprint density at radius 3 is 2.60 bits per heavy atom. The summed E-state index contributed by atoms with van der Waals surface area (Å²) in [6, 6.07) is 4.81. The van der Waals surface area contributed by atoms with E-state index in [0.29, 0.717) is 0 Å². The molecule has 0 fully saturated rings. The second kappa shape index (κ2) is 8.10. The summed E-state index contributed by atoms with van der Waals surface area (Å²) in [6.45, 7) is 2.13. The lowest BCUT2D eigenvalue weighted by Crippen LogP contribution is -2.06. The summed E-state index contributed by atoms with van der Waals surface area (Å²) in [5.41, 5.74) is -0.463. The van der Waals surface area contributed by atoms with Gasteiger partial charge >= 0.3 is 6.18 Å². The molecule has 0 amide bonds. The van der Waals surface area contributed by atoms with Gasteiger partial charge in [0.25, 0.3) is 0 Å². The van der Waals surface area contributed by atoms with E-state index in [2.05, 4.69) is 6.92 Å². The quantitative estimate of drug-likeness (QED) is 0.535. The smallest absolute Gasteiger partial charge is 0.384 e. The highest BCUT2D eigenvalue weighted by molar-refractivity contribution is 5.29. The van der Waals surface area contributed by atoms with Crippen molar-refractivity contribution in [2.75, 3.05) is 0 Å². The standard InChI is InChI=1S/C16H21F3O/c1-2-3-4-5-6-7-11-15(20)13-9-8-10-14(12-13)16(17,18)19/h7-12,15,20H,2-6H2,1H3/b11-7+/t15-/m1/s1. The molecule has 0 aliphatic heterocycles. The number of rotatable bonds is 7. The molecule has 0 bridgehead atoms. The van der Waals surface area contributed by atoms with Crippen LogP contribution in [0.1, 0.15) is 56.3 Å². The van der Waals surface area contributed by atoms with Crippen LogP contribution < -0.4 is 0 Å². The van der Waals surface area contributed by atoms with E-state index in [9.17, 15) is 18.3 Å². The SMILES string of the molecule is CCCCCC/C=C/[C@@H](O)c1cccc(C(F)(F)F)c1. The molecule has 0 spiro atoms. The lowest BCUT2D eigenvalue weighted by Gasteiger charge is -2.10. The normalized spacial score (nSPS) is 13.8. The van der Waals surface area contributed by atoms with Crippen LogP contribution in [0, 0.1) is 0 Å². The third kappa shape index (κ3) is 5.78. The number of halogens is 3. The third-order valence-electron chi connectivity index (χ3n) is 3.10. The van der Waals surface area contributed by atoms with Gasteiger partial charge in [0.2, 0.25) is 0 Å². The Kier molecular flexibility index (Phi) is 6.79. The topological polar surface area (TPSA) is 20.2 Å². The molecule has 1 aromatic rings. The molecule has 0 heterocycles. The minimum atomic E-state index is -4.38. The maximum atomic E-state index is 12.6. The lowest BCUT2D eigenvalue weighted by molar-refractivity contribution is -0.137. The largest absolute Gasteiger partial charge is 0.416 e. The highest BCUT2D eigenvalue weighted by Crippen LogP contribution is 2.30. The number of hydrogen-bond acceptors (Lipinski definition) is 1. The molecule has 0 unspecified atom stereocenters. The lowest BCUT2D eigenvalue weighted by atomic mass is 10.0. The number of alkyl halides is 3. The molecule has 4 heteroatoms. The summed E-state index contributed by atoms with van der Waals surface area (Å²) in [7, 11) is 0. The molecule has 0 radical (unpaired) electrons. The summed E-state index contributed by atoms with van der Waals surface area (Å²) in [5, 5.41) is 9.86. The molecular formula is C16H21F3O. The molecule has 0 saturated carbocycles. The van der Waals surface area contributed by atoms with Gasteiger partial charge in [-0.3, -0.25) is 0 Å². The molecule has 1 aromatic carbocycles. The average molecular weight is 286 g/mol. The fourth-order valence-corrected chi connectivity index (χ4v) is 1.92. The molecule has 1 N–H and O–H groups in total. The monoisotopic (exact) mass is 286 g/mol. The second-order valence-electron chi connectivity index (χ2n) is 4.85. The number of hydrogen-bond donors (Lipinski definition) is 1. The molecule has 0 aromatic heterocycles. The van der Waals surface area contributed by atoms with E-state index < -0.39 is 17.8 Å². The summed E-state index contributed by atoms with van der Waals surface area (Å²) in [4.78, 5) is 0. The van der Waals surface area contributed by atoms with Crippen molar-refractivity contribution in [2.24, 2.45) is 0 Å². The van der Waals surface area contributed by atoms with E-state index in [1.54, 1.807) is 6.08 Å². The van der Waals surface area contributed by atoms with Gasteiger partial charge in [0, 0.05) is 0 Å². The molecule has 1 atom stereocenters. The van der Waals surface area contributed by atoms with E-state index >= 15 is 0 Å². The number of aliphatic hydroxyl groups excluding tert-OH is 1. The van der Waals surface area contributed by atoms with Crippen molar-refractivity contribution in [3.8, 4) is 0 Å². The Hall–Kier alpha value is -1.29. The van der Waals surface area contributed by atoms with Crippen LogP contribution in [0.4, 0.5) is 13.2 Å². The van der Waals surface area contributed by atoms with Crippen LogP contribution in [0.25, 0.3) is 0 Å². The van der Waals surface area contributed by atoms with E-state index in [-0.39, 0.29) is 5.56 Å². The van der Waals surface area contributed by atoms with Gasteiger partial charge in [0.1, 0.15) is 0 Å². The predicted molar refractivity (Wildman–Crippen MR) is 74.3 cm³/mol. The summed E-state index contributed by atoms with van der Waals surface area (Å²) >= 11 is 0. The molecule has 0 aliphatic carbocycles. The van der Waals surface area contributed by atoms with Gasteiger partial charge in [0.05, 0.1) is 11.7 Å². The Labute approximate surface area is 118 Å². The van der Waals surface area contributed by atoms with Crippen molar-refractivity contribution in [3.63, 3.8) is 0 Å². The zero-order chi connectivity index (χ0) is 15.0. The second-order valence-corrected chi connectivity index (χ2v) is 4.85. The van der Waals surface area contributed by atoms with E-state index in [4.69, 9.17) is 0 Å². The van der Waals surface area contributed by atoms with Crippen molar-refractivity contribution in [1.82, 2.24) is 0 Å². The fourth-order valence-electron chi connectivity index (χ4n) is 1.92. The zero-order valence-corrected chi connectivity index (χ0v) is 11.7. The van der Waals surface area contributed by atoms with Crippen LogP contribution in [0.2, 0.25) is 0 Å². The average Bonchev–Trinajstić information content (AvgIpc) is 2.41. The van der Waals surface area contributed by atoms with Crippen LogP contribution in [0.15, 0.2) is 36.4 Å². The minimum absolute atomic E-state index is 0.268. The zero-order valence-electron chi connectivity index (χ0n) is 11.7. The Bertz CT molecular complexity index is 424. The van der Waals surface area contributed by atoms with Crippen LogP contribution in [-0.4, -0.2) is 5.11 Å². The summed E-state index contributed by atoms with van der Waals surface area (Å²) in [6.07, 6.45) is 3.40. The van der Waals surface area contributed by atoms with Crippen molar-refractivity contribution < 1.29 is 18.3 Å². The van der Waals surface area contributed by atoms with Crippen molar-refractivity contribution >= 4 is 0 Å². The molecular weight excluding hydrogens is 265 g/mol. The Morgan fingerprint density at radius 2 is 1.95 bits per heavy atom. The van der Waals surface area contributed by atoms with Gasteiger partial charge in [-0.2, -0.15) is 13.2 Å². The highest BCUT2D eigenvalue weighted by Gasteiger charge is 2.30. The summed E-state index contributed by atoms with van der Waals surface area (Å²) < 4.78 is 37.7. The molecule has 1 rings (SSSR count).